The molecule has 1 N–H and O–H groups in total. The first-order chi connectivity index (χ1) is 10.0. The molecule has 0 aliphatic carbocycles. The van der Waals surface area contributed by atoms with E-state index in [1.807, 2.05) is 37.3 Å². The molecular weight excluding hydrogens is 354 g/mol. The van der Waals surface area contributed by atoms with Crippen LogP contribution in [0, 0.1) is 6.92 Å². The van der Waals surface area contributed by atoms with E-state index in [9.17, 15) is 4.79 Å². The van der Waals surface area contributed by atoms with E-state index in [0.717, 1.165) is 15.7 Å². The molecule has 0 aliphatic heterocycles. The van der Waals surface area contributed by atoms with Crippen molar-refractivity contribution >= 4 is 39.2 Å². The third-order valence-electron chi connectivity index (χ3n) is 3.16. The van der Waals surface area contributed by atoms with Crippen molar-refractivity contribution in [2.45, 2.75) is 13.0 Å². The topological polar surface area (TPSA) is 38.3 Å². The minimum atomic E-state index is -0.656. The highest BCUT2D eigenvalue weighted by Gasteiger charge is 2.24. The average molecular weight is 369 g/mol. The highest BCUT2D eigenvalue weighted by molar-refractivity contribution is 9.10. The molecule has 0 aliphatic rings. The van der Waals surface area contributed by atoms with Gasteiger partial charge in [0.05, 0.1) is 7.11 Å². The van der Waals surface area contributed by atoms with E-state index in [1.54, 1.807) is 12.1 Å². The summed E-state index contributed by atoms with van der Waals surface area (Å²) >= 11 is 9.61. The predicted molar refractivity (Wildman–Crippen MR) is 88.7 cm³/mol. The van der Waals surface area contributed by atoms with Crippen molar-refractivity contribution in [2.75, 3.05) is 12.4 Å². The Balaban J connectivity index is 2.40. The van der Waals surface area contributed by atoms with Crippen LogP contribution in [-0.2, 0) is 9.53 Å². The molecule has 21 heavy (non-hydrogen) atoms. The lowest BCUT2D eigenvalue weighted by molar-refractivity contribution is -0.141. The van der Waals surface area contributed by atoms with E-state index in [0.29, 0.717) is 10.6 Å². The molecule has 0 amide bonds. The number of ether oxygens (including phenoxy) is 1. The summed E-state index contributed by atoms with van der Waals surface area (Å²) in [4.78, 5) is 12.1. The summed E-state index contributed by atoms with van der Waals surface area (Å²) in [5, 5.41) is 3.70. The molecule has 0 saturated heterocycles. The molecule has 0 aromatic heterocycles. The average Bonchev–Trinajstić information content (AvgIpc) is 2.46. The third kappa shape index (κ3) is 3.77. The van der Waals surface area contributed by atoms with Crippen molar-refractivity contribution in [1.82, 2.24) is 0 Å². The number of carbonyl (C=O) groups excluding carboxylic acids is 1. The van der Waals surface area contributed by atoms with E-state index in [1.165, 1.54) is 7.11 Å². The Morgan fingerprint density at radius 1 is 1.29 bits per heavy atom. The summed E-state index contributed by atoms with van der Waals surface area (Å²) in [5.74, 6) is -0.387. The van der Waals surface area contributed by atoms with Crippen LogP contribution >= 0.6 is 27.5 Å². The van der Waals surface area contributed by atoms with Gasteiger partial charge in [0.1, 0.15) is 0 Å². The number of hydrogen-bond donors (Lipinski definition) is 1. The molecule has 110 valence electrons. The standard InChI is InChI=1S/C16H15BrClNO2/c1-10-5-3-4-6-14(10)19-15(16(20)21-2)12-8-7-11(17)9-13(12)18/h3-9,15,19H,1-2H3. The zero-order valence-electron chi connectivity index (χ0n) is 11.7. The molecule has 0 fully saturated rings. The molecule has 2 rings (SSSR count). The quantitative estimate of drug-likeness (QED) is 0.792. The monoisotopic (exact) mass is 367 g/mol. The van der Waals surface area contributed by atoms with Gasteiger partial charge in [0.25, 0.3) is 0 Å². The fourth-order valence-corrected chi connectivity index (χ4v) is 2.79. The number of rotatable bonds is 4. The summed E-state index contributed by atoms with van der Waals surface area (Å²) < 4.78 is 5.75. The van der Waals surface area contributed by atoms with Gasteiger partial charge >= 0.3 is 5.97 Å². The molecule has 0 radical (unpaired) electrons. The van der Waals surface area contributed by atoms with Gasteiger partial charge in [-0.1, -0.05) is 51.8 Å². The van der Waals surface area contributed by atoms with Crippen LogP contribution in [0.1, 0.15) is 17.2 Å². The number of nitrogens with one attached hydrogen (secondary N) is 1. The van der Waals surface area contributed by atoms with Crippen LogP contribution in [0.25, 0.3) is 0 Å². The summed E-state index contributed by atoms with van der Waals surface area (Å²) in [7, 11) is 1.36. The SMILES string of the molecule is COC(=O)C(Nc1ccccc1C)c1ccc(Br)cc1Cl. The van der Waals surface area contributed by atoms with Crippen LogP contribution in [0.2, 0.25) is 5.02 Å². The van der Waals surface area contributed by atoms with Gasteiger partial charge in [0.15, 0.2) is 6.04 Å². The van der Waals surface area contributed by atoms with E-state index in [4.69, 9.17) is 16.3 Å². The highest BCUT2D eigenvalue weighted by atomic mass is 79.9. The smallest absolute Gasteiger partial charge is 0.333 e. The van der Waals surface area contributed by atoms with Crippen LogP contribution in [0.15, 0.2) is 46.9 Å². The second-order valence-electron chi connectivity index (χ2n) is 4.58. The third-order valence-corrected chi connectivity index (χ3v) is 3.98. The molecule has 2 aromatic rings. The number of halogens is 2. The Kier molecular flexibility index (Phi) is 5.26. The van der Waals surface area contributed by atoms with Crippen LogP contribution in [0.3, 0.4) is 0 Å². The molecule has 5 heteroatoms. The van der Waals surface area contributed by atoms with Crippen LogP contribution in [0.5, 0.6) is 0 Å². The summed E-state index contributed by atoms with van der Waals surface area (Å²) in [6, 6.07) is 12.5. The zero-order valence-corrected chi connectivity index (χ0v) is 14.0. The Morgan fingerprint density at radius 3 is 2.62 bits per heavy atom. The van der Waals surface area contributed by atoms with Gasteiger partial charge in [-0.2, -0.15) is 0 Å². The fourth-order valence-electron chi connectivity index (χ4n) is 2.01. The summed E-state index contributed by atoms with van der Waals surface area (Å²) in [6.07, 6.45) is 0. The molecule has 3 nitrogen and oxygen atoms in total. The Bertz CT molecular complexity index is 660. The van der Waals surface area contributed by atoms with E-state index in [-0.39, 0.29) is 5.97 Å². The van der Waals surface area contributed by atoms with E-state index >= 15 is 0 Å². The molecule has 0 saturated carbocycles. The van der Waals surface area contributed by atoms with Crippen LogP contribution in [-0.4, -0.2) is 13.1 Å². The second kappa shape index (κ2) is 6.96. The van der Waals surface area contributed by atoms with Crippen molar-refractivity contribution in [3.05, 3.63) is 63.1 Å². The van der Waals surface area contributed by atoms with Gasteiger partial charge in [-0.05, 0) is 30.7 Å². The number of benzene rings is 2. The van der Waals surface area contributed by atoms with E-state index < -0.39 is 6.04 Å². The Labute approximate surface area is 137 Å². The van der Waals surface area contributed by atoms with Crippen molar-refractivity contribution < 1.29 is 9.53 Å². The molecule has 1 unspecified atom stereocenters. The number of hydrogen-bond acceptors (Lipinski definition) is 3. The van der Waals surface area contributed by atoms with Crippen molar-refractivity contribution in [3.8, 4) is 0 Å². The number of aryl methyl sites for hydroxylation is 1. The molecule has 2 aromatic carbocycles. The lowest BCUT2D eigenvalue weighted by Crippen LogP contribution is -2.23. The van der Waals surface area contributed by atoms with Gasteiger partial charge in [0.2, 0.25) is 0 Å². The van der Waals surface area contributed by atoms with Crippen LogP contribution < -0.4 is 5.32 Å². The summed E-state index contributed by atoms with van der Waals surface area (Å²) in [6.45, 7) is 1.97. The molecule has 0 heterocycles. The fraction of sp³-hybridized carbons (Fsp3) is 0.188. The van der Waals surface area contributed by atoms with Crippen molar-refractivity contribution in [1.29, 1.82) is 0 Å². The molecule has 1 atom stereocenters. The van der Waals surface area contributed by atoms with Gasteiger partial charge in [-0.3, -0.25) is 0 Å². The maximum Gasteiger partial charge on any atom is 0.333 e. The first kappa shape index (κ1) is 15.9. The first-order valence-corrected chi connectivity index (χ1v) is 7.55. The normalized spacial score (nSPS) is 11.8. The zero-order chi connectivity index (χ0) is 15.4. The molecular formula is C16H15BrClNO2. The van der Waals surface area contributed by atoms with Gasteiger partial charge in [-0.15, -0.1) is 0 Å². The maximum absolute atomic E-state index is 12.1. The highest BCUT2D eigenvalue weighted by Crippen LogP contribution is 2.30. The second-order valence-corrected chi connectivity index (χ2v) is 5.90. The number of esters is 1. The lowest BCUT2D eigenvalue weighted by atomic mass is 10.1. The van der Waals surface area contributed by atoms with Gasteiger partial charge in [0, 0.05) is 20.7 Å². The van der Waals surface area contributed by atoms with Gasteiger partial charge < -0.3 is 10.1 Å². The van der Waals surface area contributed by atoms with Crippen LogP contribution in [0.4, 0.5) is 5.69 Å². The maximum atomic E-state index is 12.1. The Hall–Kier alpha value is -1.52. The molecule has 0 spiro atoms. The lowest BCUT2D eigenvalue weighted by Gasteiger charge is -2.20. The molecule has 0 bridgehead atoms. The first-order valence-electron chi connectivity index (χ1n) is 6.38. The number of para-hydroxylation sites is 1. The minimum Gasteiger partial charge on any atom is -0.467 e. The van der Waals surface area contributed by atoms with E-state index in [2.05, 4.69) is 21.2 Å². The number of carbonyl (C=O) groups is 1. The number of anilines is 1. The minimum absolute atomic E-state index is 0.387. The predicted octanol–water partition coefficient (Wildman–Crippen LogP) is 4.74. The van der Waals surface area contributed by atoms with Gasteiger partial charge in [-0.25, -0.2) is 4.79 Å². The number of methoxy groups -OCH3 is 1. The van der Waals surface area contributed by atoms with Crippen molar-refractivity contribution in [2.24, 2.45) is 0 Å². The largest absolute Gasteiger partial charge is 0.467 e. The summed E-state index contributed by atoms with van der Waals surface area (Å²) in [5.41, 5.74) is 2.58. The van der Waals surface area contributed by atoms with Crippen molar-refractivity contribution in [3.63, 3.8) is 0 Å². The Morgan fingerprint density at radius 2 is 2.00 bits per heavy atom.